The van der Waals surface area contributed by atoms with Crippen LogP contribution in [0.1, 0.15) is 25.0 Å². The number of hydrogen-bond donors (Lipinski definition) is 0. The van der Waals surface area contributed by atoms with Crippen LogP contribution in [-0.2, 0) is 9.53 Å². The Bertz CT molecular complexity index is 1010. The van der Waals surface area contributed by atoms with Crippen LogP contribution in [0.4, 0.5) is 5.69 Å². The molecule has 2 aliphatic rings. The van der Waals surface area contributed by atoms with E-state index in [4.69, 9.17) is 14.2 Å². The van der Waals surface area contributed by atoms with Gasteiger partial charge in [-0.3, -0.25) is 14.6 Å². The molecular weight excluding hydrogens is 430 g/mol. The summed E-state index contributed by atoms with van der Waals surface area (Å²) in [5.74, 6) is 1.48. The van der Waals surface area contributed by atoms with Gasteiger partial charge in [0.15, 0.2) is 0 Å². The summed E-state index contributed by atoms with van der Waals surface area (Å²) in [6.45, 7) is 11.3. The molecule has 2 aromatic rings. The number of benzene rings is 2. The third-order valence-corrected chi connectivity index (χ3v) is 6.48. The summed E-state index contributed by atoms with van der Waals surface area (Å²) in [5, 5.41) is 0. The number of carbonyl (C=O) groups is 1. The van der Waals surface area contributed by atoms with Crippen LogP contribution in [0, 0.1) is 0 Å². The molecule has 0 unspecified atom stereocenters. The molecule has 2 aromatic carbocycles. The first-order chi connectivity index (χ1) is 16.6. The first kappa shape index (κ1) is 24.3. The van der Waals surface area contributed by atoms with Gasteiger partial charge in [-0.15, -0.1) is 0 Å². The highest BCUT2D eigenvalue weighted by atomic mass is 16.5. The van der Waals surface area contributed by atoms with E-state index >= 15 is 0 Å². The Kier molecular flexibility index (Phi) is 8.21. The maximum Gasteiger partial charge on any atom is 0.260 e. The molecule has 1 saturated heterocycles. The minimum absolute atomic E-state index is 0.00426. The van der Waals surface area contributed by atoms with Gasteiger partial charge in [-0.1, -0.05) is 32.0 Å². The van der Waals surface area contributed by atoms with E-state index in [1.165, 1.54) is 0 Å². The zero-order valence-electron chi connectivity index (χ0n) is 20.5. The lowest BCUT2D eigenvalue weighted by Crippen LogP contribution is -2.45. The Balaban J connectivity index is 1.62. The van der Waals surface area contributed by atoms with E-state index in [-0.39, 0.29) is 5.91 Å². The van der Waals surface area contributed by atoms with Crippen molar-refractivity contribution < 1.29 is 19.0 Å². The van der Waals surface area contributed by atoms with E-state index in [0.29, 0.717) is 32.1 Å². The van der Waals surface area contributed by atoms with E-state index < -0.39 is 0 Å². The van der Waals surface area contributed by atoms with Gasteiger partial charge < -0.3 is 19.1 Å². The number of hydrogen-bond acceptors (Lipinski definition) is 6. The number of ether oxygens (including phenoxy) is 3. The highest BCUT2D eigenvalue weighted by molar-refractivity contribution is 6.35. The smallest absolute Gasteiger partial charge is 0.260 e. The molecule has 2 aliphatic heterocycles. The zero-order valence-corrected chi connectivity index (χ0v) is 20.5. The van der Waals surface area contributed by atoms with Gasteiger partial charge >= 0.3 is 0 Å². The van der Waals surface area contributed by atoms with Crippen LogP contribution in [0.3, 0.4) is 0 Å². The number of para-hydroxylation sites is 1. The summed E-state index contributed by atoms with van der Waals surface area (Å²) in [6, 6.07) is 13.7. The molecule has 2 heterocycles. The lowest BCUT2D eigenvalue weighted by molar-refractivity contribution is -0.113. The van der Waals surface area contributed by atoms with E-state index in [0.717, 1.165) is 61.0 Å². The van der Waals surface area contributed by atoms with Crippen LogP contribution in [0.25, 0.3) is 11.6 Å². The topological polar surface area (TPSA) is 54.5 Å². The van der Waals surface area contributed by atoms with Gasteiger partial charge in [0.2, 0.25) is 0 Å². The van der Waals surface area contributed by atoms with Crippen molar-refractivity contribution in [2.75, 3.05) is 71.2 Å². The van der Waals surface area contributed by atoms with Crippen molar-refractivity contribution in [3.05, 3.63) is 53.6 Å². The zero-order chi connectivity index (χ0) is 23.9. The normalized spacial score (nSPS) is 17.5. The maximum atomic E-state index is 13.6. The first-order valence-electron chi connectivity index (χ1n) is 12.1. The van der Waals surface area contributed by atoms with Crippen molar-refractivity contribution >= 4 is 23.2 Å². The van der Waals surface area contributed by atoms with E-state index in [2.05, 4.69) is 23.6 Å². The quantitative estimate of drug-likeness (QED) is 0.500. The number of amides is 1. The molecule has 1 fully saturated rings. The minimum atomic E-state index is 0.00426. The lowest BCUT2D eigenvalue weighted by Gasteiger charge is -2.30. The molecule has 34 heavy (non-hydrogen) atoms. The van der Waals surface area contributed by atoms with Crippen molar-refractivity contribution in [1.82, 2.24) is 9.80 Å². The van der Waals surface area contributed by atoms with Crippen LogP contribution in [0.5, 0.6) is 11.5 Å². The van der Waals surface area contributed by atoms with Gasteiger partial charge in [0, 0.05) is 36.3 Å². The second-order valence-corrected chi connectivity index (χ2v) is 8.46. The molecule has 4 rings (SSSR count). The maximum absolute atomic E-state index is 13.6. The number of likely N-dealkylation sites (N-methyl/N-ethyl adjacent to an activating group) is 1. The molecule has 0 atom stereocenters. The summed E-state index contributed by atoms with van der Waals surface area (Å²) >= 11 is 0. The van der Waals surface area contributed by atoms with Gasteiger partial charge in [-0.2, -0.15) is 0 Å². The van der Waals surface area contributed by atoms with E-state index in [9.17, 15) is 4.79 Å². The Morgan fingerprint density at radius 1 is 1.09 bits per heavy atom. The highest BCUT2D eigenvalue weighted by Gasteiger charge is 2.33. The van der Waals surface area contributed by atoms with Crippen molar-refractivity contribution in [1.29, 1.82) is 0 Å². The molecule has 7 heteroatoms. The third-order valence-electron chi connectivity index (χ3n) is 6.48. The second kappa shape index (κ2) is 11.5. The number of nitrogens with zero attached hydrogens (tertiary/aromatic N) is 3. The SMILES string of the molecule is CCN(CC)CCOc1ccc(OC)cc1/C=C1/C(=O)N(CN2CCOCC2)c2ccccc21. The molecule has 0 aliphatic carbocycles. The summed E-state index contributed by atoms with van der Waals surface area (Å²) in [6.07, 6.45) is 1.94. The Labute approximate surface area is 202 Å². The summed E-state index contributed by atoms with van der Waals surface area (Å²) in [7, 11) is 1.65. The van der Waals surface area contributed by atoms with Crippen molar-refractivity contribution in [2.45, 2.75) is 13.8 Å². The van der Waals surface area contributed by atoms with Crippen LogP contribution >= 0.6 is 0 Å². The van der Waals surface area contributed by atoms with Gasteiger partial charge in [0.25, 0.3) is 5.91 Å². The molecule has 0 spiro atoms. The molecule has 7 nitrogen and oxygen atoms in total. The van der Waals surface area contributed by atoms with Crippen LogP contribution in [0.15, 0.2) is 42.5 Å². The van der Waals surface area contributed by atoms with Gasteiger partial charge in [-0.05, 0) is 43.4 Å². The lowest BCUT2D eigenvalue weighted by atomic mass is 10.0. The van der Waals surface area contributed by atoms with Gasteiger partial charge in [0.1, 0.15) is 18.1 Å². The first-order valence-corrected chi connectivity index (χ1v) is 12.1. The molecule has 0 N–H and O–H groups in total. The fourth-order valence-electron chi connectivity index (χ4n) is 4.41. The number of methoxy groups -OCH3 is 1. The molecule has 0 saturated carbocycles. The van der Waals surface area contributed by atoms with Gasteiger partial charge in [-0.25, -0.2) is 0 Å². The summed E-state index contributed by atoms with van der Waals surface area (Å²) in [5.41, 5.74) is 3.39. The fourth-order valence-corrected chi connectivity index (χ4v) is 4.41. The largest absolute Gasteiger partial charge is 0.497 e. The predicted molar refractivity (Wildman–Crippen MR) is 135 cm³/mol. The van der Waals surface area contributed by atoms with Crippen molar-refractivity contribution in [3.8, 4) is 11.5 Å². The molecular formula is C27H35N3O4. The average molecular weight is 466 g/mol. The monoisotopic (exact) mass is 465 g/mol. The number of morpholine rings is 1. The minimum Gasteiger partial charge on any atom is -0.497 e. The predicted octanol–water partition coefficient (Wildman–Crippen LogP) is 3.59. The van der Waals surface area contributed by atoms with Gasteiger partial charge in [0.05, 0.1) is 32.7 Å². The highest BCUT2D eigenvalue weighted by Crippen LogP contribution is 2.39. The number of anilines is 1. The van der Waals surface area contributed by atoms with Crippen LogP contribution in [0.2, 0.25) is 0 Å². The summed E-state index contributed by atoms with van der Waals surface area (Å²) < 4.78 is 17.1. The van der Waals surface area contributed by atoms with E-state index in [1.807, 2.05) is 53.4 Å². The Morgan fingerprint density at radius 2 is 1.85 bits per heavy atom. The molecule has 1 amide bonds. The van der Waals surface area contributed by atoms with Crippen molar-refractivity contribution in [2.24, 2.45) is 0 Å². The fraction of sp³-hybridized carbons (Fsp3) is 0.444. The Hall–Kier alpha value is -2.87. The van der Waals surface area contributed by atoms with Crippen molar-refractivity contribution in [3.63, 3.8) is 0 Å². The number of carbonyl (C=O) groups excluding carboxylic acids is 1. The molecule has 0 aromatic heterocycles. The third kappa shape index (κ3) is 5.43. The second-order valence-electron chi connectivity index (χ2n) is 8.46. The number of rotatable bonds is 10. The molecule has 182 valence electrons. The molecule has 0 radical (unpaired) electrons. The average Bonchev–Trinajstić information content (AvgIpc) is 3.14. The van der Waals surface area contributed by atoms with Crippen LogP contribution in [-0.4, -0.2) is 82.0 Å². The van der Waals surface area contributed by atoms with Crippen LogP contribution < -0.4 is 14.4 Å². The number of fused-ring (bicyclic) bond motifs is 1. The molecule has 0 bridgehead atoms. The Morgan fingerprint density at radius 3 is 2.59 bits per heavy atom. The standard InChI is InChI=1S/C27H35N3O4/c1-4-28(5-2)14-17-34-26-11-10-22(32-3)18-21(26)19-24-23-8-6-7-9-25(23)30(27(24)31)20-29-12-15-33-16-13-29/h6-11,18-19H,4-5,12-17,20H2,1-3H3/b24-19+. The van der Waals surface area contributed by atoms with E-state index in [1.54, 1.807) is 7.11 Å². The summed E-state index contributed by atoms with van der Waals surface area (Å²) in [4.78, 5) is 20.1.